The normalized spacial score (nSPS) is 12.1. The smallest absolute Gasteiger partial charge is 0.166 e. The fraction of sp³-hybridized carbons (Fsp3) is 0.222. The van der Waals surface area contributed by atoms with Gasteiger partial charge in [0.1, 0.15) is 0 Å². The van der Waals surface area contributed by atoms with Gasteiger partial charge in [0.2, 0.25) is 0 Å². The topological polar surface area (TPSA) is 0 Å². The fourth-order valence-electron chi connectivity index (χ4n) is 2.42. The first kappa shape index (κ1) is 15.4. The minimum absolute atomic E-state index is 0.623. The van der Waals surface area contributed by atoms with Gasteiger partial charge in [-0.25, -0.2) is 0 Å². The largest absolute Gasteiger partial charge is 0.416 e. The molecular weight excluding hydrogens is 273 g/mol. The van der Waals surface area contributed by atoms with E-state index in [4.69, 9.17) is 0 Å². The molecule has 2 aromatic rings. The molecule has 0 N–H and O–H groups in total. The molecule has 0 amide bonds. The summed E-state index contributed by atoms with van der Waals surface area (Å²) in [7, 11) is 0. The number of benzene rings is 2. The van der Waals surface area contributed by atoms with E-state index in [0.29, 0.717) is 0 Å². The lowest BCUT2D eigenvalue weighted by Crippen LogP contribution is -2.03. The molecule has 0 aromatic heterocycles. The molecule has 0 fully saturated rings. The summed E-state index contributed by atoms with van der Waals surface area (Å²) in [6, 6.07) is 9.37. The standard InChI is InChI=1S/C18H17F3/c1-12-10-13(2)17(14(3)11-12)9-6-15-4-7-16(8-5-15)18(19,20)21/h4-11H,1-3H3/b9-6+. The Kier molecular flexibility index (Phi) is 4.21. The first-order valence-electron chi connectivity index (χ1n) is 6.70. The van der Waals surface area contributed by atoms with Crippen LogP contribution in [0.25, 0.3) is 12.2 Å². The number of hydrogen-bond acceptors (Lipinski definition) is 0. The van der Waals surface area contributed by atoms with Crippen molar-refractivity contribution in [3.63, 3.8) is 0 Å². The van der Waals surface area contributed by atoms with Gasteiger partial charge in [-0.15, -0.1) is 0 Å². The van der Waals surface area contributed by atoms with Crippen LogP contribution in [0.1, 0.15) is 33.4 Å². The van der Waals surface area contributed by atoms with Gasteiger partial charge >= 0.3 is 6.18 Å². The summed E-state index contributed by atoms with van der Waals surface area (Å²) < 4.78 is 37.5. The summed E-state index contributed by atoms with van der Waals surface area (Å²) in [6.45, 7) is 6.11. The van der Waals surface area contributed by atoms with Crippen LogP contribution in [-0.2, 0) is 6.18 Å². The second-order valence-corrected chi connectivity index (χ2v) is 5.27. The average molecular weight is 290 g/mol. The van der Waals surface area contributed by atoms with Crippen molar-refractivity contribution in [1.29, 1.82) is 0 Å². The average Bonchev–Trinajstić information content (AvgIpc) is 2.37. The summed E-state index contributed by atoms with van der Waals surface area (Å²) in [5.41, 5.74) is 4.77. The molecule has 0 aliphatic carbocycles. The maximum absolute atomic E-state index is 12.5. The molecule has 0 aliphatic heterocycles. The van der Waals surface area contributed by atoms with E-state index in [1.54, 1.807) is 0 Å². The van der Waals surface area contributed by atoms with Crippen molar-refractivity contribution >= 4 is 12.2 Å². The Balaban J connectivity index is 2.26. The first-order chi connectivity index (χ1) is 9.77. The Hall–Kier alpha value is -2.03. The molecule has 3 heteroatoms. The molecule has 0 unspecified atom stereocenters. The van der Waals surface area contributed by atoms with E-state index >= 15 is 0 Å². The van der Waals surface area contributed by atoms with Crippen LogP contribution in [0, 0.1) is 20.8 Å². The highest BCUT2D eigenvalue weighted by molar-refractivity contribution is 5.73. The van der Waals surface area contributed by atoms with Crippen LogP contribution in [0.2, 0.25) is 0 Å². The van der Waals surface area contributed by atoms with Crippen LogP contribution in [0.15, 0.2) is 36.4 Å². The summed E-state index contributed by atoms with van der Waals surface area (Å²) in [6.07, 6.45) is -0.496. The van der Waals surface area contributed by atoms with Crippen LogP contribution >= 0.6 is 0 Å². The molecule has 2 rings (SSSR count). The molecule has 0 atom stereocenters. The van der Waals surface area contributed by atoms with E-state index in [0.717, 1.165) is 34.4 Å². The lowest BCUT2D eigenvalue weighted by atomic mass is 9.99. The molecule has 0 nitrogen and oxygen atoms in total. The van der Waals surface area contributed by atoms with Crippen LogP contribution < -0.4 is 0 Å². The Morgan fingerprint density at radius 3 is 1.81 bits per heavy atom. The lowest BCUT2D eigenvalue weighted by Gasteiger charge is -2.08. The molecule has 21 heavy (non-hydrogen) atoms. The van der Waals surface area contributed by atoms with Crippen LogP contribution in [0.5, 0.6) is 0 Å². The maximum Gasteiger partial charge on any atom is 0.416 e. The summed E-state index contributed by atoms with van der Waals surface area (Å²) in [4.78, 5) is 0. The summed E-state index contributed by atoms with van der Waals surface area (Å²) in [5, 5.41) is 0. The van der Waals surface area contributed by atoms with E-state index in [-0.39, 0.29) is 0 Å². The monoisotopic (exact) mass is 290 g/mol. The third-order valence-electron chi connectivity index (χ3n) is 3.42. The Morgan fingerprint density at radius 1 is 0.810 bits per heavy atom. The van der Waals surface area contributed by atoms with Crippen molar-refractivity contribution in [2.24, 2.45) is 0 Å². The maximum atomic E-state index is 12.5. The Labute approximate surface area is 122 Å². The second kappa shape index (κ2) is 5.76. The number of halogens is 3. The van der Waals surface area contributed by atoms with E-state index in [1.807, 2.05) is 32.9 Å². The zero-order valence-corrected chi connectivity index (χ0v) is 12.3. The molecule has 0 aliphatic rings. The van der Waals surface area contributed by atoms with Crippen molar-refractivity contribution in [1.82, 2.24) is 0 Å². The lowest BCUT2D eigenvalue weighted by molar-refractivity contribution is -0.137. The zero-order chi connectivity index (χ0) is 15.6. The molecular formula is C18H17F3. The molecule has 0 saturated heterocycles. The summed E-state index contributed by atoms with van der Waals surface area (Å²) in [5.74, 6) is 0. The van der Waals surface area contributed by atoms with Gasteiger partial charge in [-0.2, -0.15) is 13.2 Å². The molecule has 2 aromatic carbocycles. The van der Waals surface area contributed by atoms with Crippen molar-refractivity contribution in [2.75, 3.05) is 0 Å². The van der Waals surface area contributed by atoms with E-state index in [2.05, 4.69) is 12.1 Å². The number of hydrogen-bond donors (Lipinski definition) is 0. The van der Waals surface area contributed by atoms with Crippen molar-refractivity contribution in [3.05, 3.63) is 69.8 Å². The van der Waals surface area contributed by atoms with E-state index in [1.165, 1.54) is 17.7 Å². The van der Waals surface area contributed by atoms with Gasteiger partial charge in [0, 0.05) is 0 Å². The van der Waals surface area contributed by atoms with Crippen molar-refractivity contribution in [2.45, 2.75) is 26.9 Å². The van der Waals surface area contributed by atoms with Crippen molar-refractivity contribution in [3.8, 4) is 0 Å². The molecule has 0 heterocycles. The third kappa shape index (κ3) is 3.75. The second-order valence-electron chi connectivity index (χ2n) is 5.27. The zero-order valence-electron chi connectivity index (χ0n) is 12.3. The van der Waals surface area contributed by atoms with Gasteiger partial charge in [0.25, 0.3) is 0 Å². The van der Waals surface area contributed by atoms with Gasteiger partial charge in [-0.3, -0.25) is 0 Å². The molecule has 0 spiro atoms. The molecule has 0 bridgehead atoms. The SMILES string of the molecule is Cc1cc(C)c(/C=C/c2ccc(C(F)(F)F)cc2)c(C)c1. The van der Waals surface area contributed by atoms with E-state index in [9.17, 15) is 13.2 Å². The minimum atomic E-state index is -4.29. The molecule has 0 saturated carbocycles. The quantitative estimate of drug-likeness (QED) is 0.613. The minimum Gasteiger partial charge on any atom is -0.166 e. The van der Waals surface area contributed by atoms with Crippen molar-refractivity contribution < 1.29 is 13.2 Å². The number of alkyl halides is 3. The number of rotatable bonds is 2. The van der Waals surface area contributed by atoms with E-state index < -0.39 is 11.7 Å². The van der Waals surface area contributed by atoms with Crippen LogP contribution in [0.3, 0.4) is 0 Å². The van der Waals surface area contributed by atoms with Gasteiger partial charge in [0.05, 0.1) is 5.56 Å². The molecule has 110 valence electrons. The van der Waals surface area contributed by atoms with Crippen LogP contribution in [0.4, 0.5) is 13.2 Å². The third-order valence-corrected chi connectivity index (χ3v) is 3.42. The predicted molar refractivity (Wildman–Crippen MR) is 81.0 cm³/mol. The van der Waals surface area contributed by atoms with Gasteiger partial charge < -0.3 is 0 Å². The van der Waals surface area contributed by atoms with Gasteiger partial charge in [0.15, 0.2) is 0 Å². The Morgan fingerprint density at radius 2 is 1.33 bits per heavy atom. The highest BCUT2D eigenvalue weighted by Gasteiger charge is 2.29. The Bertz CT molecular complexity index is 639. The van der Waals surface area contributed by atoms with Crippen LogP contribution in [-0.4, -0.2) is 0 Å². The molecule has 0 radical (unpaired) electrons. The predicted octanol–water partition coefficient (Wildman–Crippen LogP) is 5.80. The van der Waals surface area contributed by atoms with Gasteiger partial charge in [-0.05, 0) is 55.2 Å². The summed E-state index contributed by atoms with van der Waals surface area (Å²) >= 11 is 0. The number of aryl methyl sites for hydroxylation is 3. The fourth-order valence-corrected chi connectivity index (χ4v) is 2.42. The highest BCUT2D eigenvalue weighted by Crippen LogP contribution is 2.29. The van der Waals surface area contributed by atoms with Gasteiger partial charge in [-0.1, -0.05) is 42.0 Å². The first-order valence-corrected chi connectivity index (χ1v) is 6.70. The highest BCUT2D eigenvalue weighted by atomic mass is 19.4.